The van der Waals surface area contributed by atoms with Crippen LogP contribution in [0.3, 0.4) is 0 Å². The maximum absolute atomic E-state index is 12.4. The molecule has 26 heavy (non-hydrogen) atoms. The summed E-state index contributed by atoms with van der Waals surface area (Å²) in [5, 5.41) is 7.16. The predicted molar refractivity (Wildman–Crippen MR) is 104 cm³/mol. The van der Waals surface area contributed by atoms with Gasteiger partial charge >= 0.3 is 0 Å². The zero-order valence-electron chi connectivity index (χ0n) is 14.0. The van der Waals surface area contributed by atoms with Crippen LogP contribution >= 0.6 is 23.2 Å². The molecule has 0 saturated carbocycles. The minimum absolute atomic E-state index is 0.265. The number of rotatable bonds is 5. The van der Waals surface area contributed by atoms with E-state index in [0.29, 0.717) is 22.5 Å². The molecule has 0 aliphatic heterocycles. The molecule has 0 bridgehead atoms. The third kappa shape index (κ3) is 4.50. The van der Waals surface area contributed by atoms with Gasteiger partial charge in [-0.3, -0.25) is 4.79 Å². The number of hydrogen-bond donors (Lipinski definition) is 2. The quantitative estimate of drug-likeness (QED) is 0.662. The fourth-order valence-corrected chi connectivity index (χ4v) is 2.77. The Bertz CT molecular complexity index is 946. The molecule has 0 unspecified atom stereocenters. The largest absolute Gasteiger partial charge is 0.347 e. The molecule has 0 spiro atoms. The SMILES string of the molecule is Cc1cc(Cl)ccc1Nc1nccc(C(=O)NCc2ccccc2Cl)n1. The summed E-state index contributed by atoms with van der Waals surface area (Å²) in [5.41, 5.74) is 2.88. The fourth-order valence-electron chi connectivity index (χ4n) is 2.34. The van der Waals surface area contributed by atoms with Gasteiger partial charge in [-0.15, -0.1) is 0 Å². The summed E-state index contributed by atoms with van der Waals surface area (Å²) in [6.07, 6.45) is 1.53. The zero-order valence-corrected chi connectivity index (χ0v) is 15.5. The Balaban J connectivity index is 1.70. The fraction of sp³-hybridized carbons (Fsp3) is 0.105. The van der Waals surface area contributed by atoms with Gasteiger partial charge in [-0.05, 0) is 48.4 Å². The van der Waals surface area contributed by atoms with Crippen LogP contribution < -0.4 is 10.6 Å². The molecule has 5 nitrogen and oxygen atoms in total. The predicted octanol–water partition coefficient (Wildman–Crippen LogP) is 4.77. The van der Waals surface area contributed by atoms with Crippen LogP contribution in [-0.4, -0.2) is 15.9 Å². The monoisotopic (exact) mass is 386 g/mol. The molecule has 0 fully saturated rings. The van der Waals surface area contributed by atoms with E-state index < -0.39 is 0 Å². The normalized spacial score (nSPS) is 10.4. The number of anilines is 2. The highest BCUT2D eigenvalue weighted by Crippen LogP contribution is 2.22. The summed E-state index contributed by atoms with van der Waals surface area (Å²) in [6, 6.07) is 14.4. The average Bonchev–Trinajstić information content (AvgIpc) is 2.63. The smallest absolute Gasteiger partial charge is 0.270 e. The van der Waals surface area contributed by atoms with Gasteiger partial charge < -0.3 is 10.6 Å². The average molecular weight is 387 g/mol. The molecule has 0 atom stereocenters. The molecule has 2 N–H and O–H groups in total. The van der Waals surface area contributed by atoms with Crippen molar-refractivity contribution in [2.24, 2.45) is 0 Å². The van der Waals surface area contributed by atoms with Crippen LogP contribution in [0.2, 0.25) is 10.0 Å². The molecule has 0 aliphatic carbocycles. The van der Waals surface area contributed by atoms with Gasteiger partial charge in [0.1, 0.15) is 5.69 Å². The number of nitrogens with zero attached hydrogens (tertiary/aromatic N) is 2. The molecule has 0 saturated heterocycles. The molecule has 1 aromatic heterocycles. The first kappa shape index (κ1) is 18.2. The standard InChI is InChI=1S/C19H16Cl2N4O/c1-12-10-14(20)6-7-16(12)24-19-22-9-8-17(25-19)18(26)23-11-13-4-2-3-5-15(13)21/h2-10H,11H2,1H3,(H,23,26)(H,22,24,25). The van der Waals surface area contributed by atoms with Gasteiger partial charge in [-0.1, -0.05) is 41.4 Å². The lowest BCUT2D eigenvalue weighted by Crippen LogP contribution is -2.24. The van der Waals surface area contributed by atoms with Gasteiger partial charge in [0, 0.05) is 28.5 Å². The van der Waals surface area contributed by atoms with Gasteiger partial charge in [-0.2, -0.15) is 0 Å². The van der Waals surface area contributed by atoms with E-state index >= 15 is 0 Å². The maximum atomic E-state index is 12.4. The van der Waals surface area contributed by atoms with Crippen LogP contribution in [0.25, 0.3) is 0 Å². The first-order valence-corrected chi connectivity index (χ1v) is 8.66. The molecule has 3 rings (SSSR count). The Morgan fingerprint density at radius 3 is 2.69 bits per heavy atom. The molecular formula is C19H16Cl2N4O. The van der Waals surface area contributed by atoms with E-state index in [4.69, 9.17) is 23.2 Å². The number of aromatic nitrogens is 2. The first-order valence-electron chi connectivity index (χ1n) is 7.91. The van der Waals surface area contributed by atoms with E-state index in [1.54, 1.807) is 18.2 Å². The van der Waals surface area contributed by atoms with E-state index in [-0.39, 0.29) is 11.6 Å². The second kappa shape index (κ2) is 8.17. The lowest BCUT2D eigenvalue weighted by molar-refractivity contribution is 0.0946. The minimum atomic E-state index is -0.303. The van der Waals surface area contributed by atoms with Gasteiger partial charge in [0.25, 0.3) is 5.91 Å². The van der Waals surface area contributed by atoms with E-state index in [9.17, 15) is 4.79 Å². The third-order valence-corrected chi connectivity index (χ3v) is 4.32. The van der Waals surface area contributed by atoms with Crippen LogP contribution in [0.15, 0.2) is 54.7 Å². The molecular weight excluding hydrogens is 371 g/mol. The van der Waals surface area contributed by atoms with Crippen LogP contribution in [0, 0.1) is 6.92 Å². The molecule has 2 aromatic carbocycles. The van der Waals surface area contributed by atoms with Crippen LogP contribution in [-0.2, 0) is 6.54 Å². The van der Waals surface area contributed by atoms with Crippen molar-refractivity contribution in [3.63, 3.8) is 0 Å². The number of carbonyl (C=O) groups excluding carboxylic acids is 1. The molecule has 0 radical (unpaired) electrons. The number of aryl methyl sites for hydroxylation is 1. The summed E-state index contributed by atoms with van der Waals surface area (Å²) < 4.78 is 0. The van der Waals surface area contributed by atoms with Crippen molar-refractivity contribution >= 4 is 40.7 Å². The van der Waals surface area contributed by atoms with Crippen LogP contribution in [0.1, 0.15) is 21.6 Å². The van der Waals surface area contributed by atoms with Crippen LogP contribution in [0.4, 0.5) is 11.6 Å². The van der Waals surface area contributed by atoms with Gasteiger partial charge in [0.15, 0.2) is 0 Å². The third-order valence-electron chi connectivity index (χ3n) is 3.72. The van der Waals surface area contributed by atoms with Crippen molar-refractivity contribution in [1.29, 1.82) is 0 Å². The van der Waals surface area contributed by atoms with Crippen molar-refractivity contribution < 1.29 is 4.79 Å². The topological polar surface area (TPSA) is 66.9 Å². The molecule has 0 aliphatic rings. The molecule has 1 heterocycles. The number of carbonyl (C=O) groups is 1. The molecule has 1 amide bonds. The highest BCUT2D eigenvalue weighted by molar-refractivity contribution is 6.31. The minimum Gasteiger partial charge on any atom is -0.347 e. The van der Waals surface area contributed by atoms with E-state index in [0.717, 1.165) is 16.8 Å². The van der Waals surface area contributed by atoms with E-state index in [1.807, 2.05) is 37.3 Å². The summed E-state index contributed by atoms with van der Waals surface area (Å²) in [7, 11) is 0. The van der Waals surface area contributed by atoms with Gasteiger partial charge in [0.05, 0.1) is 0 Å². The summed E-state index contributed by atoms with van der Waals surface area (Å²) in [4.78, 5) is 20.8. The highest BCUT2D eigenvalue weighted by atomic mass is 35.5. The van der Waals surface area contributed by atoms with Crippen molar-refractivity contribution in [1.82, 2.24) is 15.3 Å². The Morgan fingerprint density at radius 2 is 1.92 bits per heavy atom. The lowest BCUT2D eigenvalue weighted by atomic mass is 10.2. The maximum Gasteiger partial charge on any atom is 0.270 e. The lowest BCUT2D eigenvalue weighted by Gasteiger charge is -2.10. The second-order valence-corrected chi connectivity index (χ2v) is 6.47. The number of nitrogens with one attached hydrogen (secondary N) is 2. The zero-order chi connectivity index (χ0) is 18.5. The highest BCUT2D eigenvalue weighted by Gasteiger charge is 2.10. The summed E-state index contributed by atoms with van der Waals surface area (Å²) in [6.45, 7) is 2.25. The molecule has 7 heteroatoms. The van der Waals surface area contributed by atoms with Crippen molar-refractivity contribution in [2.45, 2.75) is 13.5 Å². The van der Waals surface area contributed by atoms with E-state index in [1.165, 1.54) is 6.20 Å². The Labute approximate surface area is 161 Å². The molecule has 132 valence electrons. The number of amides is 1. The first-order chi connectivity index (χ1) is 12.5. The van der Waals surface area contributed by atoms with Gasteiger partial charge in [-0.25, -0.2) is 9.97 Å². The van der Waals surface area contributed by atoms with Crippen molar-refractivity contribution in [2.75, 3.05) is 5.32 Å². The second-order valence-electron chi connectivity index (χ2n) is 5.62. The van der Waals surface area contributed by atoms with Crippen molar-refractivity contribution in [3.8, 4) is 0 Å². The van der Waals surface area contributed by atoms with E-state index in [2.05, 4.69) is 20.6 Å². The Morgan fingerprint density at radius 1 is 1.12 bits per heavy atom. The number of benzene rings is 2. The summed E-state index contributed by atoms with van der Waals surface area (Å²) >= 11 is 12.1. The molecule has 3 aromatic rings. The summed E-state index contributed by atoms with van der Waals surface area (Å²) in [5.74, 6) is 0.0315. The number of hydrogen-bond acceptors (Lipinski definition) is 4. The Hall–Kier alpha value is -2.63. The van der Waals surface area contributed by atoms with Crippen LogP contribution in [0.5, 0.6) is 0 Å². The van der Waals surface area contributed by atoms with Gasteiger partial charge in [0.2, 0.25) is 5.95 Å². The number of halogens is 2. The Kier molecular flexibility index (Phi) is 5.71. The van der Waals surface area contributed by atoms with Crippen molar-refractivity contribution in [3.05, 3.63) is 81.6 Å².